The van der Waals surface area contributed by atoms with Crippen molar-refractivity contribution in [1.82, 2.24) is 20.0 Å². The van der Waals surface area contributed by atoms with Crippen molar-refractivity contribution in [3.8, 4) is 0 Å². The number of halogens is 1. The second-order valence-corrected chi connectivity index (χ2v) is 7.54. The Bertz CT molecular complexity index is 996. The number of aryl methyl sites for hydroxylation is 1. The molecular weight excluding hydrogens is 381 g/mol. The Morgan fingerprint density at radius 3 is 2.66 bits per heavy atom. The zero-order chi connectivity index (χ0) is 20.7. The lowest BCUT2D eigenvalue weighted by atomic mass is 9.88. The van der Waals surface area contributed by atoms with Gasteiger partial charge in [-0.05, 0) is 49.5 Å². The number of carboxylic acid groups (broad SMARTS) is 1. The fourth-order valence-electron chi connectivity index (χ4n) is 4.15. The van der Waals surface area contributed by atoms with E-state index in [4.69, 9.17) is 5.11 Å². The molecule has 3 heterocycles. The van der Waals surface area contributed by atoms with Crippen LogP contribution in [0.25, 0.3) is 10.9 Å². The van der Waals surface area contributed by atoms with E-state index in [0.29, 0.717) is 48.2 Å². The van der Waals surface area contributed by atoms with Gasteiger partial charge in [-0.1, -0.05) is 0 Å². The van der Waals surface area contributed by atoms with Crippen LogP contribution in [-0.2, 0) is 16.6 Å². The third kappa shape index (κ3) is 3.67. The van der Waals surface area contributed by atoms with Crippen LogP contribution in [0.4, 0.5) is 15.0 Å². The summed E-state index contributed by atoms with van der Waals surface area (Å²) in [7, 11) is 1.73. The molecule has 2 N–H and O–H groups in total. The summed E-state index contributed by atoms with van der Waals surface area (Å²) in [5.41, 5.74) is 1.29. The van der Waals surface area contributed by atoms with Gasteiger partial charge in [0.15, 0.2) is 5.82 Å². The fraction of sp³-hybridized carbons (Fsp3) is 0.474. The van der Waals surface area contributed by atoms with Crippen LogP contribution in [0.15, 0.2) is 12.1 Å². The highest BCUT2D eigenvalue weighted by Crippen LogP contribution is 2.35. The van der Waals surface area contributed by atoms with Gasteiger partial charge in [0, 0.05) is 25.4 Å². The number of aliphatic carboxylic acids is 1. The molecule has 2 fully saturated rings. The molecule has 1 aromatic heterocycles. The summed E-state index contributed by atoms with van der Waals surface area (Å²) in [6.45, 7) is 1.40. The summed E-state index contributed by atoms with van der Waals surface area (Å²) in [4.78, 5) is 37.6. The Morgan fingerprint density at radius 2 is 2.00 bits per heavy atom. The first-order valence-corrected chi connectivity index (χ1v) is 9.55. The Kier molecular flexibility index (Phi) is 4.95. The lowest BCUT2D eigenvalue weighted by molar-refractivity contribution is -0.138. The molecule has 0 bridgehead atoms. The molecule has 3 amide bonds. The molecule has 10 heteroatoms. The van der Waals surface area contributed by atoms with E-state index in [9.17, 15) is 14.4 Å². The lowest BCUT2D eigenvalue weighted by Gasteiger charge is -2.31. The molecule has 0 spiro atoms. The van der Waals surface area contributed by atoms with Gasteiger partial charge in [0.25, 0.3) is 0 Å². The van der Waals surface area contributed by atoms with E-state index >= 15 is 4.39 Å². The molecule has 0 atom stereocenters. The molecule has 1 aromatic carbocycles. The average molecular weight is 403 g/mol. The smallest absolute Gasteiger partial charge is 0.329 e. The van der Waals surface area contributed by atoms with E-state index in [1.54, 1.807) is 17.8 Å². The zero-order valence-electron chi connectivity index (χ0n) is 16.0. The molecule has 2 aromatic rings. The van der Waals surface area contributed by atoms with Crippen molar-refractivity contribution < 1.29 is 23.9 Å². The maximum absolute atomic E-state index is 15.0. The van der Waals surface area contributed by atoms with Gasteiger partial charge in [-0.2, -0.15) is 5.10 Å². The van der Waals surface area contributed by atoms with Crippen LogP contribution in [0.3, 0.4) is 0 Å². The van der Waals surface area contributed by atoms with Crippen molar-refractivity contribution >= 4 is 34.6 Å². The number of nitrogens with one attached hydrogen (secondary N) is 1. The SMILES string of the molecule is Cn1nc(N2CCC(=O)NC2=O)c2cc(F)c(C3CCN(CC(=O)O)CC3)cc21. The third-order valence-electron chi connectivity index (χ3n) is 5.65. The second-order valence-electron chi connectivity index (χ2n) is 7.54. The number of rotatable bonds is 4. The van der Waals surface area contributed by atoms with Crippen LogP contribution in [0.2, 0.25) is 0 Å². The summed E-state index contributed by atoms with van der Waals surface area (Å²) in [5, 5.41) is 16.1. The number of hydrogen-bond acceptors (Lipinski definition) is 5. The number of nitrogens with zero attached hydrogens (tertiary/aromatic N) is 4. The van der Waals surface area contributed by atoms with Crippen LogP contribution in [0, 0.1) is 5.82 Å². The molecule has 29 heavy (non-hydrogen) atoms. The van der Waals surface area contributed by atoms with E-state index in [1.165, 1.54) is 11.0 Å². The fourth-order valence-corrected chi connectivity index (χ4v) is 4.15. The zero-order valence-corrected chi connectivity index (χ0v) is 16.0. The van der Waals surface area contributed by atoms with Crippen molar-refractivity contribution in [2.45, 2.75) is 25.2 Å². The monoisotopic (exact) mass is 403 g/mol. The highest BCUT2D eigenvalue weighted by Gasteiger charge is 2.30. The van der Waals surface area contributed by atoms with Gasteiger partial charge in [0.1, 0.15) is 5.82 Å². The van der Waals surface area contributed by atoms with Crippen molar-refractivity contribution in [3.05, 3.63) is 23.5 Å². The Labute approximate surface area is 166 Å². The van der Waals surface area contributed by atoms with Crippen molar-refractivity contribution in [2.75, 3.05) is 31.1 Å². The van der Waals surface area contributed by atoms with Gasteiger partial charge >= 0.3 is 12.0 Å². The van der Waals surface area contributed by atoms with Crippen LogP contribution in [-0.4, -0.2) is 63.9 Å². The molecule has 154 valence electrons. The molecule has 2 aliphatic heterocycles. The molecular formula is C19H22FN5O4. The van der Waals surface area contributed by atoms with E-state index in [2.05, 4.69) is 10.4 Å². The number of piperidine rings is 1. The highest BCUT2D eigenvalue weighted by atomic mass is 19.1. The highest BCUT2D eigenvalue weighted by molar-refractivity contribution is 6.08. The predicted molar refractivity (Wildman–Crippen MR) is 102 cm³/mol. The van der Waals surface area contributed by atoms with E-state index < -0.39 is 12.0 Å². The first kappa shape index (κ1) is 19.3. The number of amides is 3. The average Bonchev–Trinajstić information content (AvgIpc) is 2.97. The van der Waals surface area contributed by atoms with E-state index in [1.807, 2.05) is 4.90 Å². The first-order chi connectivity index (χ1) is 13.8. The normalized spacial score (nSPS) is 19.0. The van der Waals surface area contributed by atoms with Crippen LogP contribution >= 0.6 is 0 Å². The van der Waals surface area contributed by atoms with Gasteiger partial charge < -0.3 is 5.11 Å². The third-order valence-corrected chi connectivity index (χ3v) is 5.65. The van der Waals surface area contributed by atoms with Gasteiger partial charge in [0.2, 0.25) is 5.91 Å². The number of carboxylic acids is 1. The summed E-state index contributed by atoms with van der Waals surface area (Å²) in [6.07, 6.45) is 1.52. The Hall–Kier alpha value is -3.01. The van der Waals surface area contributed by atoms with Crippen LogP contribution in [0.5, 0.6) is 0 Å². The topological polar surface area (TPSA) is 108 Å². The number of likely N-dealkylation sites (tertiary alicyclic amines) is 1. The molecule has 2 aliphatic rings. The Balaban J connectivity index is 1.62. The number of carbonyl (C=O) groups excluding carboxylic acids is 2. The van der Waals surface area contributed by atoms with Gasteiger partial charge in [0.05, 0.1) is 12.1 Å². The standard InChI is InChI=1S/C19H22FN5O4/c1-23-15-9-12(11-2-5-24(6-3-11)10-17(27)28)14(20)8-13(15)18(22-23)25-7-4-16(26)21-19(25)29/h8-9,11H,2-7,10H2,1H3,(H,27,28)(H,21,26,29). The predicted octanol–water partition coefficient (Wildman–Crippen LogP) is 1.42. The maximum atomic E-state index is 15.0. The lowest BCUT2D eigenvalue weighted by Crippen LogP contribution is -2.49. The summed E-state index contributed by atoms with van der Waals surface area (Å²) in [6, 6.07) is 2.61. The number of hydrogen-bond donors (Lipinski definition) is 2. The van der Waals surface area contributed by atoms with E-state index in [0.717, 1.165) is 0 Å². The van der Waals surface area contributed by atoms with Crippen molar-refractivity contribution in [3.63, 3.8) is 0 Å². The summed E-state index contributed by atoms with van der Waals surface area (Å²) < 4.78 is 16.6. The number of aromatic nitrogens is 2. The maximum Gasteiger partial charge on any atom is 0.329 e. The number of benzene rings is 1. The van der Waals surface area contributed by atoms with E-state index in [-0.39, 0.29) is 37.2 Å². The second kappa shape index (κ2) is 7.43. The minimum atomic E-state index is -0.859. The number of anilines is 1. The number of carbonyl (C=O) groups is 3. The molecule has 9 nitrogen and oxygen atoms in total. The minimum Gasteiger partial charge on any atom is -0.480 e. The van der Waals surface area contributed by atoms with Crippen LogP contribution in [0.1, 0.15) is 30.7 Å². The summed E-state index contributed by atoms with van der Waals surface area (Å²) in [5.74, 6) is -1.24. The summed E-state index contributed by atoms with van der Waals surface area (Å²) >= 11 is 0. The Morgan fingerprint density at radius 1 is 1.28 bits per heavy atom. The minimum absolute atomic E-state index is 0.000268. The molecule has 2 saturated heterocycles. The number of fused-ring (bicyclic) bond motifs is 1. The first-order valence-electron chi connectivity index (χ1n) is 9.55. The molecule has 0 saturated carbocycles. The van der Waals surface area contributed by atoms with Gasteiger partial charge in [-0.25, -0.2) is 9.18 Å². The van der Waals surface area contributed by atoms with Gasteiger partial charge in [-0.15, -0.1) is 0 Å². The van der Waals surface area contributed by atoms with Crippen molar-refractivity contribution in [2.24, 2.45) is 7.05 Å². The number of imide groups is 1. The van der Waals surface area contributed by atoms with Gasteiger partial charge in [-0.3, -0.25) is 29.4 Å². The molecule has 0 aliphatic carbocycles. The molecule has 0 unspecified atom stereocenters. The largest absolute Gasteiger partial charge is 0.480 e. The van der Waals surface area contributed by atoms with Crippen LogP contribution < -0.4 is 10.2 Å². The quantitative estimate of drug-likeness (QED) is 0.800. The molecule has 4 rings (SSSR count). The molecule has 0 radical (unpaired) electrons. The van der Waals surface area contributed by atoms with Crippen molar-refractivity contribution in [1.29, 1.82) is 0 Å². The number of urea groups is 1.